The number of sulfonamides is 1. The molecule has 0 spiro atoms. The summed E-state index contributed by atoms with van der Waals surface area (Å²) in [5, 5.41) is 23.7. The van der Waals surface area contributed by atoms with Crippen LogP contribution in [0, 0.1) is 13.8 Å². The number of carboxylic acids is 1. The average molecular weight is 542 g/mol. The fourth-order valence-corrected chi connectivity index (χ4v) is 5.96. The van der Waals surface area contributed by atoms with Crippen molar-refractivity contribution in [2.24, 2.45) is 4.99 Å². The zero-order chi connectivity index (χ0) is 27.3. The van der Waals surface area contributed by atoms with Gasteiger partial charge in [0, 0.05) is 37.1 Å². The normalized spacial score (nSPS) is 14.1. The molecule has 0 saturated carbocycles. The first-order valence-electron chi connectivity index (χ1n) is 12.2. The third kappa shape index (κ3) is 6.29. The Bertz CT molecular complexity index is 1460. The fourth-order valence-electron chi connectivity index (χ4n) is 4.30. The Balaban J connectivity index is 1.36. The van der Waals surface area contributed by atoms with Gasteiger partial charge in [-0.2, -0.15) is 9.82 Å². The van der Waals surface area contributed by atoms with Crippen LogP contribution in [0.25, 0.3) is 10.9 Å². The number of nitrogens with one attached hydrogen (secondary N) is 4. The number of nitrogens with zero attached hydrogens (tertiary/aromatic N) is 3. The number of rotatable bonds is 11. The first-order chi connectivity index (χ1) is 18.2. The lowest BCUT2D eigenvalue weighted by molar-refractivity contribution is -0.138. The third-order valence-electron chi connectivity index (χ3n) is 6.16. The Kier molecular flexibility index (Phi) is 8.27. The Hall–Kier alpha value is -3.97. The van der Waals surface area contributed by atoms with E-state index in [1.165, 1.54) is 0 Å². The highest BCUT2D eigenvalue weighted by Gasteiger charge is 2.28. The second-order valence-electron chi connectivity index (χ2n) is 9.02. The third-order valence-corrected chi connectivity index (χ3v) is 7.93. The van der Waals surface area contributed by atoms with Crippen molar-refractivity contribution in [3.63, 3.8) is 0 Å². The first-order valence-corrected chi connectivity index (χ1v) is 13.7. The number of aliphatic imine (C=N–C) groups is 1. The van der Waals surface area contributed by atoms with Crippen LogP contribution < -0.4 is 20.7 Å². The molecule has 3 aromatic rings. The maximum atomic E-state index is 12.9. The SMILES string of the molecule is Cc1cccc(C)c1S(=O)(=O)NC(CNC(=O)c1ccc2c(cnn2CCCNC2=NCCN2)c1)C(=O)O. The van der Waals surface area contributed by atoms with Crippen molar-refractivity contribution in [1.82, 2.24) is 30.5 Å². The Morgan fingerprint density at radius 1 is 1.18 bits per heavy atom. The van der Waals surface area contributed by atoms with Gasteiger partial charge < -0.3 is 21.1 Å². The second kappa shape index (κ2) is 11.6. The average Bonchev–Trinajstić information content (AvgIpc) is 3.53. The van der Waals surface area contributed by atoms with Crippen LogP contribution in [-0.4, -0.2) is 73.4 Å². The second-order valence-corrected chi connectivity index (χ2v) is 10.7. The van der Waals surface area contributed by atoms with Crippen molar-refractivity contribution in [3.05, 3.63) is 59.3 Å². The van der Waals surface area contributed by atoms with E-state index in [2.05, 4.69) is 30.8 Å². The number of guanidine groups is 1. The summed E-state index contributed by atoms with van der Waals surface area (Å²) in [4.78, 5) is 28.9. The van der Waals surface area contributed by atoms with Crippen LogP contribution in [0.5, 0.6) is 0 Å². The van der Waals surface area contributed by atoms with E-state index in [9.17, 15) is 23.1 Å². The predicted octanol–water partition coefficient (Wildman–Crippen LogP) is 0.754. The summed E-state index contributed by atoms with van der Waals surface area (Å²) in [5.74, 6) is -1.11. The fraction of sp³-hybridized carbons (Fsp3) is 0.360. The quantitative estimate of drug-likeness (QED) is 0.222. The number of aliphatic carboxylic acids is 1. The number of aromatic nitrogens is 2. The number of hydrogen-bond donors (Lipinski definition) is 5. The number of aryl methyl sites for hydroxylation is 3. The topological polar surface area (TPSA) is 167 Å². The van der Waals surface area contributed by atoms with Crippen molar-refractivity contribution >= 4 is 38.8 Å². The van der Waals surface area contributed by atoms with Crippen molar-refractivity contribution in [1.29, 1.82) is 0 Å². The summed E-state index contributed by atoms with van der Waals surface area (Å²) in [6, 6.07) is 8.53. The van der Waals surface area contributed by atoms with Gasteiger partial charge in [0.25, 0.3) is 5.91 Å². The highest BCUT2D eigenvalue weighted by Crippen LogP contribution is 2.20. The number of carbonyl (C=O) groups is 2. The number of carboxylic acid groups (broad SMARTS) is 1. The van der Waals surface area contributed by atoms with E-state index in [4.69, 9.17) is 0 Å². The van der Waals surface area contributed by atoms with Gasteiger partial charge in [0.1, 0.15) is 6.04 Å². The van der Waals surface area contributed by atoms with Gasteiger partial charge in [-0.15, -0.1) is 0 Å². The molecule has 2 heterocycles. The maximum absolute atomic E-state index is 12.9. The van der Waals surface area contributed by atoms with Gasteiger partial charge in [-0.25, -0.2) is 8.42 Å². The molecule has 0 aliphatic carbocycles. The molecule has 13 heteroatoms. The minimum absolute atomic E-state index is 0.0276. The van der Waals surface area contributed by atoms with Gasteiger partial charge in [-0.1, -0.05) is 18.2 Å². The smallest absolute Gasteiger partial charge is 0.323 e. The molecule has 0 fully saturated rings. The molecule has 2 aromatic carbocycles. The van der Waals surface area contributed by atoms with Crippen molar-refractivity contribution in [3.8, 4) is 0 Å². The first kappa shape index (κ1) is 27.1. The number of fused-ring (bicyclic) bond motifs is 1. The molecule has 1 aromatic heterocycles. The Morgan fingerprint density at radius 2 is 1.95 bits per heavy atom. The van der Waals surface area contributed by atoms with E-state index in [0.29, 0.717) is 23.2 Å². The van der Waals surface area contributed by atoms with Gasteiger partial charge in [-0.3, -0.25) is 19.3 Å². The van der Waals surface area contributed by atoms with Gasteiger partial charge >= 0.3 is 5.97 Å². The van der Waals surface area contributed by atoms with E-state index < -0.39 is 34.5 Å². The summed E-state index contributed by atoms with van der Waals surface area (Å²) >= 11 is 0. The maximum Gasteiger partial charge on any atom is 0.323 e. The van der Waals surface area contributed by atoms with Gasteiger partial charge in [-0.05, 0) is 49.6 Å². The number of carbonyl (C=O) groups excluding carboxylic acids is 1. The van der Waals surface area contributed by atoms with Crippen molar-refractivity contribution in [2.45, 2.75) is 37.8 Å². The molecule has 12 nitrogen and oxygen atoms in total. The summed E-state index contributed by atoms with van der Waals surface area (Å²) in [7, 11) is -4.13. The van der Waals surface area contributed by atoms with E-state index in [-0.39, 0.29) is 4.90 Å². The molecular formula is C25H31N7O5S. The van der Waals surface area contributed by atoms with E-state index >= 15 is 0 Å². The molecule has 4 rings (SSSR count). The lowest BCUT2D eigenvalue weighted by Crippen LogP contribution is -2.48. The molecule has 38 heavy (non-hydrogen) atoms. The zero-order valence-corrected chi connectivity index (χ0v) is 22.0. The highest BCUT2D eigenvalue weighted by molar-refractivity contribution is 7.89. The van der Waals surface area contributed by atoms with Crippen molar-refractivity contribution < 1.29 is 23.1 Å². The van der Waals surface area contributed by atoms with E-state index in [0.717, 1.165) is 42.9 Å². The van der Waals surface area contributed by atoms with Crippen LogP contribution in [-0.2, 0) is 21.4 Å². The van der Waals surface area contributed by atoms with Crippen LogP contribution >= 0.6 is 0 Å². The molecule has 1 aliphatic rings. The van der Waals surface area contributed by atoms with E-state index in [1.54, 1.807) is 56.4 Å². The minimum atomic E-state index is -4.13. The van der Waals surface area contributed by atoms with Crippen molar-refractivity contribution in [2.75, 3.05) is 26.2 Å². The molecule has 1 aliphatic heterocycles. The van der Waals surface area contributed by atoms with Gasteiger partial charge in [0.2, 0.25) is 10.0 Å². The molecule has 202 valence electrons. The molecule has 0 bridgehead atoms. The largest absolute Gasteiger partial charge is 0.480 e. The molecule has 0 saturated heterocycles. The lowest BCUT2D eigenvalue weighted by atomic mass is 10.1. The van der Waals surface area contributed by atoms with Crippen LogP contribution in [0.3, 0.4) is 0 Å². The van der Waals surface area contributed by atoms with Crippen LogP contribution in [0.1, 0.15) is 27.9 Å². The monoisotopic (exact) mass is 541 g/mol. The van der Waals surface area contributed by atoms with Crippen LogP contribution in [0.4, 0.5) is 0 Å². The highest BCUT2D eigenvalue weighted by atomic mass is 32.2. The number of benzene rings is 2. The summed E-state index contributed by atoms with van der Waals surface area (Å²) in [5.41, 5.74) is 2.17. The molecular weight excluding hydrogens is 510 g/mol. The molecule has 1 unspecified atom stereocenters. The Morgan fingerprint density at radius 3 is 2.63 bits per heavy atom. The standard InChI is InChI=1S/C25H31N7O5S/c1-16-5-3-6-17(2)22(16)38(36,37)31-20(24(34)35)15-29-23(33)18-7-8-21-19(13-18)14-30-32(21)12-4-9-26-25-27-10-11-28-25/h3,5-8,13-14,20,31H,4,9-12,15H2,1-2H3,(H,29,33)(H,34,35)(H2,26,27,28). The molecule has 1 atom stereocenters. The van der Waals surface area contributed by atoms with E-state index in [1.807, 2.05) is 4.68 Å². The molecule has 0 radical (unpaired) electrons. The number of amides is 1. The van der Waals surface area contributed by atoms with Gasteiger partial charge in [0.05, 0.1) is 23.2 Å². The predicted molar refractivity (Wildman–Crippen MR) is 143 cm³/mol. The Labute approximate surface area is 220 Å². The summed E-state index contributed by atoms with van der Waals surface area (Å²) in [6.07, 6.45) is 2.50. The minimum Gasteiger partial charge on any atom is -0.480 e. The number of hydrogen-bond acceptors (Lipinski definition) is 8. The molecule has 1 amide bonds. The van der Waals surface area contributed by atoms with Gasteiger partial charge in [0.15, 0.2) is 5.96 Å². The summed E-state index contributed by atoms with van der Waals surface area (Å²) < 4.78 is 29.9. The van der Waals surface area contributed by atoms with Crippen LogP contribution in [0.15, 0.2) is 52.5 Å². The lowest BCUT2D eigenvalue weighted by Gasteiger charge is -2.18. The molecule has 5 N–H and O–H groups in total. The zero-order valence-electron chi connectivity index (χ0n) is 21.2. The van der Waals surface area contributed by atoms with Crippen LogP contribution in [0.2, 0.25) is 0 Å². The summed E-state index contributed by atoms with van der Waals surface area (Å²) in [6.45, 7) is 5.89.